The molecule has 1 heterocycles. The Bertz CT molecular complexity index is 755. The first-order chi connectivity index (χ1) is 12.7. The Balaban J connectivity index is 1.83. The minimum atomic E-state index is 0.119. The van der Waals surface area contributed by atoms with Crippen molar-refractivity contribution >= 4 is 6.21 Å². The lowest BCUT2D eigenvalue weighted by Gasteiger charge is -2.27. The van der Waals surface area contributed by atoms with Gasteiger partial charge in [0.05, 0.1) is 26.8 Å². The Morgan fingerprint density at radius 3 is 2.46 bits per heavy atom. The van der Waals surface area contributed by atoms with E-state index in [0.29, 0.717) is 17.9 Å². The van der Waals surface area contributed by atoms with Gasteiger partial charge in [-0.2, -0.15) is 0 Å². The topological polar surface area (TPSA) is 54.3 Å². The maximum Gasteiger partial charge on any atom is 0.166 e. The number of methoxy groups -OCH3 is 2. The minimum Gasteiger partial charge on any atom is -0.504 e. The highest BCUT2D eigenvalue weighted by molar-refractivity contribution is 5.84. The molecule has 1 fully saturated rings. The predicted octanol–water partition coefficient (Wildman–Crippen LogP) is 3.67. The molecule has 1 saturated heterocycles. The molecular weight excluding hydrogens is 328 g/mol. The van der Waals surface area contributed by atoms with Crippen molar-refractivity contribution in [2.24, 2.45) is 4.99 Å². The molecule has 5 nitrogen and oxygen atoms in total. The molecule has 0 unspecified atom stereocenters. The third-order valence-corrected chi connectivity index (χ3v) is 4.84. The number of aromatic hydroxyl groups is 1. The van der Waals surface area contributed by atoms with Gasteiger partial charge in [-0.3, -0.25) is 9.89 Å². The summed E-state index contributed by atoms with van der Waals surface area (Å²) >= 11 is 0. The van der Waals surface area contributed by atoms with Crippen LogP contribution < -0.4 is 9.47 Å². The van der Waals surface area contributed by atoms with Gasteiger partial charge in [0.2, 0.25) is 0 Å². The summed E-state index contributed by atoms with van der Waals surface area (Å²) in [5.41, 5.74) is 1.81. The Labute approximate surface area is 154 Å². The number of para-hydroxylation sites is 2. The normalized spacial score (nSPS) is 16.1. The fourth-order valence-corrected chi connectivity index (χ4v) is 3.46. The summed E-state index contributed by atoms with van der Waals surface area (Å²) in [5.74, 6) is 1.47. The molecule has 1 N–H and O–H groups in total. The van der Waals surface area contributed by atoms with E-state index in [0.717, 1.165) is 24.4 Å². The quantitative estimate of drug-likeness (QED) is 0.771. The monoisotopic (exact) mass is 354 g/mol. The number of rotatable bonds is 7. The highest BCUT2D eigenvalue weighted by atomic mass is 16.5. The maximum absolute atomic E-state index is 10.2. The standard InChI is InChI=1S/C21H26N2O3/c1-25-19-10-4-3-9-17(19)18(23-12-5-6-13-23)15-22-14-16-8-7-11-20(26-2)21(16)24/h3-4,7-11,14,18,24H,5-6,12-13,15H2,1-2H3/t18-/m0/s1. The molecular formula is C21H26N2O3. The number of phenols is 1. The van der Waals surface area contributed by atoms with E-state index >= 15 is 0 Å². The summed E-state index contributed by atoms with van der Waals surface area (Å²) in [6.45, 7) is 2.75. The van der Waals surface area contributed by atoms with Gasteiger partial charge in [0.1, 0.15) is 5.75 Å². The van der Waals surface area contributed by atoms with Crippen LogP contribution in [0.25, 0.3) is 0 Å². The van der Waals surface area contributed by atoms with E-state index < -0.39 is 0 Å². The summed E-state index contributed by atoms with van der Waals surface area (Å²) in [7, 11) is 3.25. The van der Waals surface area contributed by atoms with Crippen molar-refractivity contribution in [1.82, 2.24) is 4.90 Å². The van der Waals surface area contributed by atoms with Crippen molar-refractivity contribution in [3.63, 3.8) is 0 Å². The Morgan fingerprint density at radius 1 is 1.04 bits per heavy atom. The first-order valence-corrected chi connectivity index (χ1v) is 8.97. The molecule has 2 aromatic rings. The molecule has 26 heavy (non-hydrogen) atoms. The molecule has 0 radical (unpaired) electrons. The summed E-state index contributed by atoms with van der Waals surface area (Å²) in [4.78, 5) is 7.10. The first-order valence-electron chi connectivity index (χ1n) is 8.97. The fourth-order valence-electron chi connectivity index (χ4n) is 3.46. The van der Waals surface area contributed by atoms with Crippen LogP contribution in [-0.2, 0) is 0 Å². The lowest BCUT2D eigenvalue weighted by molar-refractivity contribution is 0.246. The van der Waals surface area contributed by atoms with E-state index in [-0.39, 0.29) is 11.8 Å². The van der Waals surface area contributed by atoms with Crippen molar-refractivity contribution in [3.05, 3.63) is 53.6 Å². The number of aliphatic imine (C=N–C) groups is 1. The van der Waals surface area contributed by atoms with Crippen molar-refractivity contribution in [2.45, 2.75) is 18.9 Å². The van der Waals surface area contributed by atoms with E-state index in [4.69, 9.17) is 9.47 Å². The van der Waals surface area contributed by atoms with Crippen LogP contribution in [-0.4, -0.2) is 50.1 Å². The van der Waals surface area contributed by atoms with Crippen LogP contribution in [0.4, 0.5) is 0 Å². The SMILES string of the molecule is COc1ccccc1[C@H](CN=Cc1cccc(OC)c1O)N1CCCC1. The number of phenolic OH excluding ortho intramolecular Hbond substituents is 1. The molecule has 138 valence electrons. The van der Waals surface area contributed by atoms with Gasteiger partial charge < -0.3 is 14.6 Å². The van der Waals surface area contributed by atoms with Crippen LogP contribution in [0.2, 0.25) is 0 Å². The zero-order chi connectivity index (χ0) is 18.4. The zero-order valence-electron chi connectivity index (χ0n) is 15.4. The Morgan fingerprint density at radius 2 is 1.73 bits per heavy atom. The average Bonchev–Trinajstić information content (AvgIpc) is 3.21. The molecule has 0 bridgehead atoms. The fraction of sp³-hybridized carbons (Fsp3) is 0.381. The minimum absolute atomic E-state index is 0.119. The molecule has 0 aromatic heterocycles. The molecule has 3 rings (SSSR count). The van der Waals surface area contributed by atoms with E-state index in [9.17, 15) is 5.11 Å². The largest absolute Gasteiger partial charge is 0.504 e. The van der Waals surface area contributed by atoms with E-state index in [1.807, 2.05) is 30.3 Å². The number of benzene rings is 2. The van der Waals surface area contributed by atoms with Crippen LogP contribution in [0.3, 0.4) is 0 Å². The molecule has 5 heteroatoms. The molecule has 1 atom stereocenters. The van der Waals surface area contributed by atoms with Gasteiger partial charge in [-0.1, -0.05) is 24.3 Å². The van der Waals surface area contributed by atoms with Crippen LogP contribution >= 0.6 is 0 Å². The zero-order valence-corrected chi connectivity index (χ0v) is 15.4. The van der Waals surface area contributed by atoms with Crippen molar-refractivity contribution < 1.29 is 14.6 Å². The Hall–Kier alpha value is -2.53. The van der Waals surface area contributed by atoms with Gasteiger partial charge in [0, 0.05) is 17.3 Å². The van der Waals surface area contributed by atoms with Crippen molar-refractivity contribution in [2.75, 3.05) is 33.9 Å². The summed E-state index contributed by atoms with van der Waals surface area (Å²) < 4.78 is 10.7. The molecule has 1 aliphatic rings. The van der Waals surface area contributed by atoms with Gasteiger partial charge >= 0.3 is 0 Å². The molecule has 0 saturated carbocycles. The number of hydrogen-bond donors (Lipinski definition) is 1. The average molecular weight is 354 g/mol. The number of hydrogen-bond acceptors (Lipinski definition) is 5. The molecule has 1 aliphatic heterocycles. The third-order valence-electron chi connectivity index (χ3n) is 4.84. The molecule has 2 aromatic carbocycles. The summed E-state index contributed by atoms with van der Waals surface area (Å²) in [6, 6.07) is 13.7. The number of ether oxygens (including phenoxy) is 2. The number of likely N-dealkylation sites (tertiary alicyclic amines) is 1. The maximum atomic E-state index is 10.2. The summed E-state index contributed by atoms with van der Waals surface area (Å²) in [6.07, 6.45) is 4.15. The van der Waals surface area contributed by atoms with Gasteiger partial charge in [0.15, 0.2) is 11.5 Å². The molecule has 0 spiro atoms. The first kappa shape index (κ1) is 18.3. The number of nitrogens with zero attached hydrogens (tertiary/aromatic N) is 2. The van der Waals surface area contributed by atoms with Gasteiger partial charge in [-0.15, -0.1) is 0 Å². The molecule has 0 amide bonds. The third kappa shape index (κ3) is 3.99. The van der Waals surface area contributed by atoms with Gasteiger partial charge in [0.25, 0.3) is 0 Å². The highest BCUT2D eigenvalue weighted by Gasteiger charge is 2.25. The van der Waals surface area contributed by atoms with E-state index in [1.165, 1.54) is 12.8 Å². The van der Waals surface area contributed by atoms with Crippen LogP contribution in [0.5, 0.6) is 17.2 Å². The lowest BCUT2D eigenvalue weighted by atomic mass is 10.0. The second kappa shape index (κ2) is 8.72. The Kier molecular flexibility index (Phi) is 6.12. The van der Waals surface area contributed by atoms with Gasteiger partial charge in [-0.25, -0.2) is 0 Å². The van der Waals surface area contributed by atoms with Crippen LogP contribution in [0, 0.1) is 0 Å². The molecule has 0 aliphatic carbocycles. The van der Waals surface area contributed by atoms with Crippen molar-refractivity contribution in [3.8, 4) is 17.2 Å². The van der Waals surface area contributed by atoms with E-state index in [1.54, 1.807) is 26.5 Å². The van der Waals surface area contributed by atoms with Crippen LogP contribution in [0.15, 0.2) is 47.5 Å². The smallest absolute Gasteiger partial charge is 0.166 e. The van der Waals surface area contributed by atoms with Crippen LogP contribution in [0.1, 0.15) is 30.0 Å². The van der Waals surface area contributed by atoms with Crippen molar-refractivity contribution in [1.29, 1.82) is 0 Å². The second-order valence-electron chi connectivity index (χ2n) is 6.39. The van der Waals surface area contributed by atoms with E-state index in [2.05, 4.69) is 16.0 Å². The predicted molar refractivity (Wildman–Crippen MR) is 104 cm³/mol. The summed E-state index contributed by atoms with van der Waals surface area (Å²) in [5, 5.41) is 10.2. The lowest BCUT2D eigenvalue weighted by Crippen LogP contribution is -2.28. The van der Waals surface area contributed by atoms with Gasteiger partial charge in [-0.05, 0) is 44.1 Å². The second-order valence-corrected chi connectivity index (χ2v) is 6.39. The highest BCUT2D eigenvalue weighted by Crippen LogP contribution is 2.32.